The lowest BCUT2D eigenvalue weighted by Gasteiger charge is -2.44. The molecule has 1 fully saturated rings. The van der Waals surface area contributed by atoms with Gasteiger partial charge < -0.3 is 4.74 Å². The molecule has 0 saturated carbocycles. The van der Waals surface area contributed by atoms with Gasteiger partial charge in [0.15, 0.2) is 0 Å². The number of piperidine rings is 1. The van der Waals surface area contributed by atoms with E-state index in [1.54, 1.807) is 16.4 Å². The predicted molar refractivity (Wildman–Crippen MR) is 95.4 cm³/mol. The minimum absolute atomic E-state index is 0.229. The second-order valence-corrected chi connectivity index (χ2v) is 10.2. The minimum atomic E-state index is -3.45. The van der Waals surface area contributed by atoms with Crippen LogP contribution in [0.2, 0.25) is 4.34 Å². The van der Waals surface area contributed by atoms with Gasteiger partial charge in [0, 0.05) is 25.9 Å². The average molecular weight is 384 g/mol. The van der Waals surface area contributed by atoms with Crippen molar-refractivity contribution in [2.24, 2.45) is 0 Å². The molecule has 1 aromatic heterocycles. The third-order valence-corrected chi connectivity index (χ3v) is 8.52. The van der Waals surface area contributed by atoms with Gasteiger partial charge in [-0.25, -0.2) is 8.42 Å². The van der Waals surface area contributed by atoms with Gasteiger partial charge in [-0.15, -0.1) is 11.3 Å². The fraction of sp³-hybridized carbons (Fsp3) is 0.412. The normalized spacial score (nSPS) is 20.5. The SMILES string of the molecule is O=S(=O)(c1ccc(Cl)s1)N1CCC2(CCc3ccccc3O2)CC1. The molecule has 1 saturated heterocycles. The van der Waals surface area contributed by atoms with Gasteiger partial charge in [0.05, 0.1) is 4.34 Å². The number of rotatable bonds is 2. The molecule has 2 aliphatic rings. The summed E-state index contributed by atoms with van der Waals surface area (Å²) in [6.07, 6.45) is 3.38. The second kappa shape index (κ2) is 6.02. The number of benzene rings is 1. The summed E-state index contributed by atoms with van der Waals surface area (Å²) in [6.45, 7) is 0.972. The molecule has 7 heteroatoms. The highest BCUT2D eigenvalue weighted by molar-refractivity contribution is 7.91. The molecule has 2 aromatic rings. The van der Waals surface area contributed by atoms with Crippen LogP contribution in [0.15, 0.2) is 40.6 Å². The van der Waals surface area contributed by atoms with Crippen molar-refractivity contribution in [1.29, 1.82) is 0 Å². The van der Waals surface area contributed by atoms with Gasteiger partial charge in [0.25, 0.3) is 10.0 Å². The monoisotopic (exact) mass is 383 g/mol. The third-order valence-electron chi connectivity index (χ3n) is 4.93. The van der Waals surface area contributed by atoms with E-state index in [0.29, 0.717) is 21.6 Å². The van der Waals surface area contributed by atoms with Gasteiger partial charge in [-0.2, -0.15) is 4.31 Å². The molecule has 0 amide bonds. The largest absolute Gasteiger partial charge is 0.487 e. The maximum Gasteiger partial charge on any atom is 0.252 e. The van der Waals surface area contributed by atoms with Crippen LogP contribution in [0, 0.1) is 0 Å². The maximum atomic E-state index is 12.7. The Hall–Kier alpha value is -1.08. The van der Waals surface area contributed by atoms with Crippen molar-refractivity contribution in [3.63, 3.8) is 0 Å². The summed E-state index contributed by atoms with van der Waals surface area (Å²) < 4.78 is 34.1. The number of para-hydroxylation sites is 1. The van der Waals surface area contributed by atoms with E-state index in [1.807, 2.05) is 18.2 Å². The molecule has 0 N–H and O–H groups in total. The molecule has 1 aromatic carbocycles. The summed E-state index contributed by atoms with van der Waals surface area (Å²) in [7, 11) is -3.45. The molecule has 4 rings (SSSR count). The first-order valence-corrected chi connectivity index (χ1v) is 10.6. The van der Waals surface area contributed by atoms with Crippen molar-refractivity contribution in [3.05, 3.63) is 46.3 Å². The van der Waals surface area contributed by atoms with Crippen molar-refractivity contribution >= 4 is 33.0 Å². The third kappa shape index (κ3) is 2.86. The molecule has 24 heavy (non-hydrogen) atoms. The quantitative estimate of drug-likeness (QED) is 0.788. The lowest BCUT2D eigenvalue weighted by molar-refractivity contribution is 0.00184. The summed E-state index contributed by atoms with van der Waals surface area (Å²) in [4.78, 5) is 0. The number of halogens is 1. The van der Waals surface area contributed by atoms with Crippen LogP contribution in [-0.4, -0.2) is 31.4 Å². The predicted octanol–water partition coefficient (Wildman–Crippen LogP) is 3.95. The van der Waals surface area contributed by atoms with Crippen LogP contribution in [0.3, 0.4) is 0 Å². The highest BCUT2D eigenvalue weighted by Gasteiger charge is 2.42. The fourth-order valence-electron chi connectivity index (χ4n) is 3.51. The molecule has 128 valence electrons. The van der Waals surface area contributed by atoms with Crippen LogP contribution in [0.25, 0.3) is 0 Å². The fourth-order valence-corrected chi connectivity index (χ4v) is 6.58. The Morgan fingerprint density at radius 2 is 1.83 bits per heavy atom. The summed E-state index contributed by atoms with van der Waals surface area (Å²) in [6, 6.07) is 11.3. The van der Waals surface area contributed by atoms with E-state index in [-0.39, 0.29) is 5.60 Å². The van der Waals surface area contributed by atoms with Gasteiger partial charge >= 0.3 is 0 Å². The number of ether oxygens (including phenoxy) is 1. The molecule has 2 aliphatic heterocycles. The molecular weight excluding hydrogens is 366 g/mol. The Balaban J connectivity index is 1.50. The number of hydrogen-bond acceptors (Lipinski definition) is 4. The molecule has 4 nitrogen and oxygen atoms in total. The lowest BCUT2D eigenvalue weighted by Crippen LogP contribution is -2.51. The first kappa shape index (κ1) is 16.4. The Morgan fingerprint density at radius 3 is 2.54 bits per heavy atom. The van der Waals surface area contributed by atoms with E-state index in [1.165, 1.54) is 5.56 Å². The minimum Gasteiger partial charge on any atom is -0.487 e. The van der Waals surface area contributed by atoms with Crippen LogP contribution >= 0.6 is 22.9 Å². The zero-order valence-electron chi connectivity index (χ0n) is 13.1. The number of hydrogen-bond donors (Lipinski definition) is 0. The van der Waals surface area contributed by atoms with Crippen molar-refractivity contribution in [3.8, 4) is 5.75 Å². The Morgan fingerprint density at radius 1 is 1.08 bits per heavy atom. The molecule has 0 unspecified atom stereocenters. The number of thiophene rings is 1. The lowest BCUT2D eigenvalue weighted by atomic mass is 9.84. The highest BCUT2D eigenvalue weighted by atomic mass is 35.5. The van der Waals surface area contributed by atoms with Gasteiger partial charge in [0.1, 0.15) is 15.6 Å². The van der Waals surface area contributed by atoms with Gasteiger partial charge in [-0.3, -0.25) is 0 Å². The zero-order chi connectivity index (χ0) is 16.8. The summed E-state index contributed by atoms with van der Waals surface area (Å²) in [5, 5.41) is 0. The number of sulfonamides is 1. The van der Waals surface area contributed by atoms with Crippen LogP contribution in [-0.2, 0) is 16.4 Å². The molecule has 1 spiro atoms. The first-order chi connectivity index (χ1) is 11.5. The molecule has 0 bridgehead atoms. The van der Waals surface area contributed by atoms with E-state index in [2.05, 4.69) is 6.07 Å². The van der Waals surface area contributed by atoms with E-state index in [0.717, 1.165) is 42.8 Å². The van der Waals surface area contributed by atoms with Crippen LogP contribution in [0.4, 0.5) is 0 Å². The van der Waals surface area contributed by atoms with Crippen LogP contribution in [0.5, 0.6) is 5.75 Å². The number of aryl methyl sites for hydroxylation is 1. The van der Waals surface area contributed by atoms with Crippen molar-refractivity contribution in [2.75, 3.05) is 13.1 Å². The highest BCUT2D eigenvalue weighted by Crippen LogP contribution is 2.40. The van der Waals surface area contributed by atoms with Gasteiger partial charge in [0.2, 0.25) is 0 Å². The van der Waals surface area contributed by atoms with Crippen molar-refractivity contribution in [1.82, 2.24) is 4.31 Å². The van der Waals surface area contributed by atoms with E-state index in [4.69, 9.17) is 16.3 Å². The smallest absolute Gasteiger partial charge is 0.252 e. The molecule has 3 heterocycles. The molecule has 0 radical (unpaired) electrons. The molecular formula is C17H18ClNO3S2. The zero-order valence-corrected chi connectivity index (χ0v) is 15.5. The maximum absolute atomic E-state index is 12.7. The second-order valence-electron chi connectivity index (χ2n) is 6.36. The molecule has 0 atom stereocenters. The van der Waals surface area contributed by atoms with Crippen molar-refractivity contribution < 1.29 is 13.2 Å². The van der Waals surface area contributed by atoms with E-state index >= 15 is 0 Å². The topological polar surface area (TPSA) is 46.6 Å². The number of nitrogens with zero attached hydrogens (tertiary/aromatic N) is 1. The standard InChI is InChI=1S/C17H18ClNO3S2/c18-15-5-6-16(23-15)24(20,21)19-11-9-17(10-12-19)8-7-13-3-1-2-4-14(13)22-17/h1-6H,7-12H2. The van der Waals surface area contributed by atoms with Gasteiger partial charge in [-0.1, -0.05) is 29.8 Å². The van der Waals surface area contributed by atoms with Crippen LogP contribution < -0.4 is 4.74 Å². The van der Waals surface area contributed by atoms with E-state index < -0.39 is 10.0 Å². The van der Waals surface area contributed by atoms with E-state index in [9.17, 15) is 8.42 Å². The summed E-state index contributed by atoms with van der Waals surface area (Å²) >= 11 is 7.00. The Kier molecular flexibility index (Phi) is 4.11. The summed E-state index contributed by atoms with van der Waals surface area (Å²) in [5.41, 5.74) is 1.01. The van der Waals surface area contributed by atoms with Crippen molar-refractivity contribution in [2.45, 2.75) is 35.5 Å². The molecule has 0 aliphatic carbocycles. The Bertz CT molecular complexity index is 854. The summed E-state index contributed by atoms with van der Waals surface area (Å²) in [5.74, 6) is 0.949. The first-order valence-electron chi connectivity index (χ1n) is 8.01. The van der Waals surface area contributed by atoms with Gasteiger partial charge in [-0.05, 0) is 36.6 Å². The average Bonchev–Trinajstić information content (AvgIpc) is 3.02. The van der Waals surface area contributed by atoms with Crippen LogP contribution in [0.1, 0.15) is 24.8 Å². The number of fused-ring (bicyclic) bond motifs is 1. The Labute approximate surface area is 151 Å².